The molecule has 5 heteroatoms. The number of oxime groups is 1. The van der Waals surface area contributed by atoms with Gasteiger partial charge in [0.15, 0.2) is 11.5 Å². The number of benzene rings is 1. The summed E-state index contributed by atoms with van der Waals surface area (Å²) in [6.07, 6.45) is 9.91. The molecule has 136 valence electrons. The fraction of sp³-hybridized carbons (Fsp3) is 0.650. The number of nitrogens with two attached hydrogens (primary N) is 1. The topological polar surface area (TPSA) is 66.1 Å². The molecule has 0 aromatic heterocycles. The fourth-order valence-electron chi connectivity index (χ4n) is 4.24. The summed E-state index contributed by atoms with van der Waals surface area (Å²) < 4.78 is 11.7. The maximum absolute atomic E-state index is 6.21. The Hall–Kier alpha value is -1.75. The van der Waals surface area contributed by atoms with Crippen molar-refractivity contribution in [3.05, 3.63) is 23.8 Å². The molecule has 0 radical (unpaired) electrons. The Bertz CT molecular complexity index is 644. The molecule has 1 spiro atoms. The SMILES string of the molecule is COc1ccc(C2=NOC3(CCC(N)CC3)C2)cc1OC1CCCC1. The van der Waals surface area contributed by atoms with E-state index < -0.39 is 0 Å². The van der Waals surface area contributed by atoms with E-state index in [4.69, 9.17) is 20.0 Å². The highest BCUT2D eigenvalue weighted by molar-refractivity contribution is 6.02. The second kappa shape index (κ2) is 6.87. The second-order valence-electron chi connectivity index (χ2n) is 7.72. The van der Waals surface area contributed by atoms with Gasteiger partial charge in [-0.2, -0.15) is 0 Å². The summed E-state index contributed by atoms with van der Waals surface area (Å²) in [6, 6.07) is 6.40. The molecular formula is C20H28N2O3. The second-order valence-corrected chi connectivity index (χ2v) is 7.72. The Morgan fingerprint density at radius 1 is 1.12 bits per heavy atom. The number of nitrogens with zero attached hydrogens (tertiary/aromatic N) is 1. The first-order valence-corrected chi connectivity index (χ1v) is 9.53. The molecule has 0 atom stereocenters. The normalized spacial score (nSPS) is 29.5. The van der Waals surface area contributed by atoms with Crippen LogP contribution in [0.4, 0.5) is 0 Å². The molecule has 0 amide bonds. The molecule has 0 unspecified atom stereocenters. The Morgan fingerprint density at radius 2 is 1.88 bits per heavy atom. The monoisotopic (exact) mass is 344 g/mol. The van der Waals surface area contributed by atoms with Crippen LogP contribution in [0.15, 0.2) is 23.4 Å². The van der Waals surface area contributed by atoms with Crippen LogP contribution in [-0.2, 0) is 4.84 Å². The molecular weight excluding hydrogens is 316 g/mol. The lowest BCUT2D eigenvalue weighted by molar-refractivity contribution is -0.0478. The molecule has 0 bridgehead atoms. The van der Waals surface area contributed by atoms with Crippen molar-refractivity contribution >= 4 is 5.71 Å². The Labute approximate surface area is 149 Å². The molecule has 1 aliphatic heterocycles. The van der Waals surface area contributed by atoms with Gasteiger partial charge < -0.3 is 20.0 Å². The van der Waals surface area contributed by atoms with E-state index in [9.17, 15) is 0 Å². The van der Waals surface area contributed by atoms with Crippen molar-refractivity contribution in [1.29, 1.82) is 0 Å². The van der Waals surface area contributed by atoms with Crippen molar-refractivity contribution in [3.8, 4) is 11.5 Å². The molecule has 2 aliphatic carbocycles. The molecule has 3 aliphatic rings. The number of rotatable bonds is 4. The van der Waals surface area contributed by atoms with E-state index >= 15 is 0 Å². The van der Waals surface area contributed by atoms with Crippen LogP contribution in [0.1, 0.15) is 63.4 Å². The van der Waals surface area contributed by atoms with Gasteiger partial charge in [-0.3, -0.25) is 0 Å². The van der Waals surface area contributed by atoms with Crippen LogP contribution in [0, 0.1) is 0 Å². The Balaban J connectivity index is 1.50. The molecule has 1 aromatic carbocycles. The van der Waals surface area contributed by atoms with Crippen LogP contribution in [0.3, 0.4) is 0 Å². The maximum Gasteiger partial charge on any atom is 0.162 e. The highest BCUT2D eigenvalue weighted by Gasteiger charge is 2.42. The molecule has 25 heavy (non-hydrogen) atoms. The van der Waals surface area contributed by atoms with Crippen LogP contribution in [0.5, 0.6) is 11.5 Å². The molecule has 2 saturated carbocycles. The quantitative estimate of drug-likeness (QED) is 0.902. The van der Waals surface area contributed by atoms with Gasteiger partial charge in [0.1, 0.15) is 5.60 Å². The van der Waals surface area contributed by atoms with Crippen LogP contribution >= 0.6 is 0 Å². The van der Waals surface area contributed by atoms with Crippen molar-refractivity contribution in [3.63, 3.8) is 0 Å². The van der Waals surface area contributed by atoms with E-state index in [1.165, 1.54) is 12.8 Å². The molecule has 2 N–H and O–H groups in total. The predicted octanol–water partition coefficient (Wildman–Crippen LogP) is 3.78. The molecule has 1 aromatic rings. The zero-order valence-corrected chi connectivity index (χ0v) is 15.0. The smallest absolute Gasteiger partial charge is 0.162 e. The number of methoxy groups -OCH3 is 1. The summed E-state index contributed by atoms with van der Waals surface area (Å²) in [6.45, 7) is 0. The third-order valence-corrected chi connectivity index (χ3v) is 5.87. The van der Waals surface area contributed by atoms with E-state index in [1.54, 1.807) is 7.11 Å². The summed E-state index contributed by atoms with van der Waals surface area (Å²) in [5.41, 5.74) is 7.97. The summed E-state index contributed by atoms with van der Waals surface area (Å²) >= 11 is 0. The third-order valence-electron chi connectivity index (χ3n) is 5.87. The highest BCUT2D eigenvalue weighted by Crippen LogP contribution is 2.40. The van der Waals surface area contributed by atoms with Crippen LogP contribution in [-0.4, -0.2) is 30.6 Å². The molecule has 5 nitrogen and oxygen atoms in total. The lowest BCUT2D eigenvalue weighted by atomic mass is 9.79. The zero-order valence-electron chi connectivity index (χ0n) is 15.0. The Kier molecular flexibility index (Phi) is 4.59. The van der Waals surface area contributed by atoms with Gasteiger partial charge in [-0.05, 0) is 69.6 Å². The number of ether oxygens (including phenoxy) is 2. The van der Waals surface area contributed by atoms with Crippen LogP contribution in [0.25, 0.3) is 0 Å². The zero-order chi connectivity index (χ0) is 17.3. The number of hydrogen-bond acceptors (Lipinski definition) is 5. The predicted molar refractivity (Wildman–Crippen MR) is 97.3 cm³/mol. The average Bonchev–Trinajstić information content (AvgIpc) is 3.28. The molecule has 1 heterocycles. The lowest BCUT2D eigenvalue weighted by Crippen LogP contribution is -2.39. The van der Waals surface area contributed by atoms with E-state index in [-0.39, 0.29) is 5.60 Å². The van der Waals surface area contributed by atoms with E-state index in [0.717, 1.165) is 67.7 Å². The first kappa shape index (κ1) is 16.7. The highest BCUT2D eigenvalue weighted by atomic mass is 16.7. The lowest BCUT2D eigenvalue weighted by Gasteiger charge is -2.33. The standard InChI is InChI=1S/C20H28N2O3/c1-23-18-7-6-14(12-19(18)24-16-4-2-3-5-16)17-13-20(25-22-17)10-8-15(21)9-11-20/h6-7,12,15-16H,2-5,8-11,13,21H2,1H3. The van der Waals surface area contributed by atoms with Crippen LogP contribution < -0.4 is 15.2 Å². The minimum absolute atomic E-state index is 0.141. The maximum atomic E-state index is 6.21. The van der Waals surface area contributed by atoms with Gasteiger partial charge in [0.2, 0.25) is 0 Å². The van der Waals surface area contributed by atoms with Crippen molar-refractivity contribution in [2.75, 3.05) is 7.11 Å². The van der Waals surface area contributed by atoms with E-state index in [2.05, 4.69) is 17.3 Å². The van der Waals surface area contributed by atoms with Gasteiger partial charge in [-0.1, -0.05) is 5.16 Å². The minimum atomic E-state index is -0.141. The molecule has 0 saturated heterocycles. The van der Waals surface area contributed by atoms with Crippen molar-refractivity contribution in [2.24, 2.45) is 10.9 Å². The van der Waals surface area contributed by atoms with Crippen LogP contribution in [0.2, 0.25) is 0 Å². The first-order chi connectivity index (χ1) is 12.2. The van der Waals surface area contributed by atoms with Crippen molar-refractivity contribution in [2.45, 2.75) is 75.5 Å². The number of hydrogen-bond donors (Lipinski definition) is 1. The summed E-state index contributed by atoms with van der Waals surface area (Å²) in [7, 11) is 1.69. The Morgan fingerprint density at radius 3 is 2.60 bits per heavy atom. The summed E-state index contributed by atoms with van der Waals surface area (Å²) in [4.78, 5) is 5.89. The van der Waals surface area contributed by atoms with Gasteiger partial charge in [-0.25, -0.2) is 0 Å². The largest absolute Gasteiger partial charge is 0.493 e. The van der Waals surface area contributed by atoms with Gasteiger partial charge in [-0.15, -0.1) is 0 Å². The molecule has 4 rings (SSSR count). The average molecular weight is 344 g/mol. The van der Waals surface area contributed by atoms with E-state index in [1.807, 2.05) is 6.07 Å². The first-order valence-electron chi connectivity index (χ1n) is 9.53. The van der Waals surface area contributed by atoms with Gasteiger partial charge in [0.25, 0.3) is 0 Å². The summed E-state index contributed by atoms with van der Waals surface area (Å²) in [5, 5.41) is 4.42. The third kappa shape index (κ3) is 3.47. The van der Waals surface area contributed by atoms with Gasteiger partial charge in [0.05, 0.1) is 18.9 Å². The van der Waals surface area contributed by atoms with Gasteiger partial charge in [0, 0.05) is 18.0 Å². The van der Waals surface area contributed by atoms with Crippen molar-refractivity contribution in [1.82, 2.24) is 0 Å². The molecule has 2 fully saturated rings. The summed E-state index contributed by atoms with van der Waals surface area (Å²) in [5.74, 6) is 1.61. The fourth-order valence-corrected chi connectivity index (χ4v) is 4.24. The van der Waals surface area contributed by atoms with Crippen molar-refractivity contribution < 1.29 is 14.3 Å². The van der Waals surface area contributed by atoms with Gasteiger partial charge >= 0.3 is 0 Å². The van der Waals surface area contributed by atoms with E-state index in [0.29, 0.717) is 12.1 Å². The minimum Gasteiger partial charge on any atom is -0.493 e.